The third kappa shape index (κ3) is 2.96. The molecule has 1 nitrogen and oxygen atoms in total. The first-order valence-electron chi connectivity index (χ1n) is 7.17. The molecule has 0 unspecified atom stereocenters. The number of ether oxygens (including phenoxy) is 1. The van der Waals surface area contributed by atoms with Crippen molar-refractivity contribution in [2.75, 3.05) is 19.1 Å². The highest BCUT2D eigenvalue weighted by Crippen LogP contribution is 2.67. The van der Waals surface area contributed by atoms with Crippen molar-refractivity contribution < 1.29 is 4.74 Å². The lowest BCUT2D eigenvalue weighted by Crippen LogP contribution is -2.17. The number of hydrogen-bond acceptors (Lipinski definition) is 1. The van der Waals surface area contributed by atoms with Gasteiger partial charge < -0.3 is 4.74 Å². The molecule has 0 fully saturated rings. The summed E-state index contributed by atoms with van der Waals surface area (Å²) < 4.78 is 6.84. The zero-order valence-electron chi connectivity index (χ0n) is 13.0. The van der Waals surface area contributed by atoms with Crippen LogP contribution in [0.2, 0.25) is 0 Å². The average Bonchev–Trinajstić information content (AvgIpc) is 2.54. The predicted octanol–water partition coefficient (Wildman–Crippen LogP) is 5.15. The Hall–Kier alpha value is -1.03. The van der Waals surface area contributed by atoms with Gasteiger partial charge >= 0.3 is 0 Å². The van der Waals surface area contributed by atoms with Gasteiger partial charge in [0.15, 0.2) is 0 Å². The quantitative estimate of drug-likeness (QED) is 0.605. The molecule has 0 atom stereocenters. The lowest BCUT2D eigenvalue weighted by atomic mass is 10.4. The van der Waals surface area contributed by atoms with Gasteiger partial charge in [0.05, 0.1) is 6.61 Å². The zero-order valence-corrected chi connectivity index (χ0v) is 14.7. The molecule has 0 heterocycles. The predicted molar refractivity (Wildman–Crippen MR) is 99.1 cm³/mol. The van der Waals surface area contributed by atoms with E-state index in [1.807, 2.05) is 12.1 Å². The van der Waals surface area contributed by atoms with Crippen molar-refractivity contribution in [1.29, 1.82) is 0 Å². The van der Waals surface area contributed by atoms with Crippen LogP contribution in [0, 0.1) is 0 Å². The van der Waals surface area contributed by atoms with E-state index in [0.717, 1.165) is 10.8 Å². The Balaban J connectivity index is 2.77. The Labute approximate surface area is 133 Å². The summed E-state index contributed by atoms with van der Waals surface area (Å²) in [6.07, 6.45) is 5.57. The monoisotopic (exact) mass is 320 g/mol. The number of benzene rings is 2. The molecule has 114 valence electrons. The summed E-state index contributed by atoms with van der Waals surface area (Å²) in [5, 5.41) is 0. The number of thiol groups is 1. The highest BCUT2D eigenvalue weighted by atomic mass is 32.3. The fourth-order valence-corrected chi connectivity index (χ4v) is 6.14. The summed E-state index contributed by atoms with van der Waals surface area (Å²) in [6.45, 7) is 2.82. The standard InChI is InChI=1S/C18H24OS2/c1-4-15-19-18(20)21(2,3,16-11-7-5-8-12-16)17-13-9-6-10-14-17/h5-14,20H,4,15H2,1-3H3. The van der Waals surface area contributed by atoms with E-state index in [9.17, 15) is 0 Å². The smallest absolute Gasteiger partial charge is 0.123 e. The summed E-state index contributed by atoms with van der Waals surface area (Å²) in [7, 11) is -2.28. The molecule has 0 bridgehead atoms. The van der Waals surface area contributed by atoms with Crippen molar-refractivity contribution in [2.24, 2.45) is 0 Å². The maximum atomic E-state index is 6.00. The van der Waals surface area contributed by atoms with Gasteiger partial charge in [-0.05, 0) is 28.7 Å². The maximum Gasteiger partial charge on any atom is 0.123 e. The second-order valence-electron chi connectivity index (χ2n) is 5.68. The van der Waals surface area contributed by atoms with E-state index in [-0.39, 0.29) is 0 Å². The molecule has 0 spiro atoms. The number of hydrogen-bond donors (Lipinski definition) is 1. The minimum atomic E-state index is -2.28. The van der Waals surface area contributed by atoms with Crippen LogP contribution in [0.25, 0.3) is 0 Å². The summed E-state index contributed by atoms with van der Waals surface area (Å²) in [5.41, 5.74) is 0. The molecule has 0 aliphatic rings. The van der Waals surface area contributed by atoms with E-state index < -0.39 is 8.75 Å². The third-order valence-electron chi connectivity index (χ3n) is 3.85. The Morgan fingerprint density at radius 3 is 1.71 bits per heavy atom. The van der Waals surface area contributed by atoms with Crippen molar-refractivity contribution in [2.45, 2.75) is 23.1 Å². The van der Waals surface area contributed by atoms with Crippen molar-refractivity contribution in [1.82, 2.24) is 0 Å². The molecule has 2 aromatic rings. The topological polar surface area (TPSA) is 9.23 Å². The molecular formula is C18H24OS2. The molecule has 0 saturated carbocycles. The van der Waals surface area contributed by atoms with Gasteiger partial charge in [0, 0.05) is 0 Å². The van der Waals surface area contributed by atoms with Gasteiger partial charge in [0.1, 0.15) is 4.38 Å². The molecule has 3 heteroatoms. The molecule has 2 aromatic carbocycles. The van der Waals surface area contributed by atoms with Gasteiger partial charge in [-0.3, -0.25) is 0 Å². The minimum Gasteiger partial charge on any atom is -0.335 e. The molecule has 0 amide bonds. The normalized spacial score (nSPS) is 13.4. The van der Waals surface area contributed by atoms with Crippen molar-refractivity contribution >= 4 is 25.8 Å². The van der Waals surface area contributed by atoms with E-state index in [1.54, 1.807) is 0 Å². The second kappa shape index (κ2) is 6.39. The largest absolute Gasteiger partial charge is 0.335 e. The van der Waals surface area contributed by atoms with Crippen molar-refractivity contribution in [3.63, 3.8) is 0 Å². The van der Waals surface area contributed by atoms with Crippen LogP contribution in [0.3, 0.4) is 0 Å². The summed E-state index contributed by atoms with van der Waals surface area (Å²) in [4.78, 5) is 2.56. The van der Waals surface area contributed by atoms with Gasteiger partial charge in [-0.2, -0.15) is 8.75 Å². The fourth-order valence-electron chi connectivity index (χ4n) is 2.36. The van der Waals surface area contributed by atoms with Crippen LogP contribution >= 0.6 is 21.4 Å². The van der Waals surface area contributed by atoms with Crippen LogP contribution in [0.5, 0.6) is 0 Å². The zero-order chi connectivity index (χ0) is 15.4. The first-order valence-corrected chi connectivity index (χ1v) is 10.5. The second-order valence-corrected chi connectivity index (χ2v) is 11.6. The van der Waals surface area contributed by atoms with Crippen LogP contribution in [0.4, 0.5) is 0 Å². The Bertz CT molecular complexity index is 609. The van der Waals surface area contributed by atoms with E-state index >= 15 is 0 Å². The van der Waals surface area contributed by atoms with Crippen LogP contribution in [-0.4, -0.2) is 23.5 Å². The van der Waals surface area contributed by atoms with Gasteiger partial charge in [0.2, 0.25) is 0 Å². The van der Waals surface area contributed by atoms with Crippen molar-refractivity contribution in [3.05, 3.63) is 60.7 Å². The summed E-state index contributed by atoms with van der Waals surface area (Å²) in [5.74, 6) is 0. The van der Waals surface area contributed by atoms with Gasteiger partial charge in [-0.1, -0.05) is 67.6 Å². The summed E-state index contributed by atoms with van der Waals surface area (Å²) in [6, 6.07) is 21.2. The Morgan fingerprint density at radius 1 is 0.905 bits per heavy atom. The molecule has 0 radical (unpaired) electrons. The Morgan fingerprint density at radius 2 is 1.33 bits per heavy atom. The maximum absolute atomic E-state index is 6.00. The van der Waals surface area contributed by atoms with E-state index in [4.69, 9.17) is 17.4 Å². The molecule has 0 N–H and O–H groups in total. The minimum absolute atomic E-state index is 0.701. The molecule has 2 rings (SSSR count). The molecule has 0 saturated heterocycles. The SMILES string of the molecule is CCCOC(S)=S(C)(C)(c1ccccc1)c1ccccc1. The lowest BCUT2D eigenvalue weighted by molar-refractivity contribution is 0.321. The van der Waals surface area contributed by atoms with E-state index in [2.05, 4.69) is 68.0 Å². The van der Waals surface area contributed by atoms with Gasteiger partial charge in [-0.25, -0.2) is 0 Å². The first kappa shape index (κ1) is 16.3. The first-order chi connectivity index (χ1) is 9.99. The van der Waals surface area contributed by atoms with Crippen LogP contribution in [0.1, 0.15) is 13.3 Å². The highest BCUT2D eigenvalue weighted by molar-refractivity contribution is 8.52. The van der Waals surface area contributed by atoms with E-state index in [0.29, 0.717) is 6.61 Å². The highest BCUT2D eigenvalue weighted by Gasteiger charge is 2.31. The third-order valence-corrected chi connectivity index (χ3v) is 10.2. The molecule has 21 heavy (non-hydrogen) atoms. The van der Waals surface area contributed by atoms with Crippen LogP contribution in [0.15, 0.2) is 70.5 Å². The molecular weight excluding hydrogens is 296 g/mol. The fraction of sp³-hybridized carbons (Fsp3) is 0.278. The molecule has 0 aromatic heterocycles. The molecule has 0 aliphatic heterocycles. The lowest BCUT2D eigenvalue weighted by Gasteiger charge is -2.45. The summed E-state index contributed by atoms with van der Waals surface area (Å²) >= 11 is 4.80. The van der Waals surface area contributed by atoms with Gasteiger partial charge in [-0.15, -0.1) is 12.6 Å². The van der Waals surface area contributed by atoms with E-state index in [1.165, 1.54) is 9.79 Å². The van der Waals surface area contributed by atoms with Gasteiger partial charge in [0.25, 0.3) is 0 Å². The van der Waals surface area contributed by atoms with Crippen LogP contribution in [-0.2, 0) is 4.74 Å². The van der Waals surface area contributed by atoms with Crippen molar-refractivity contribution in [3.8, 4) is 0 Å². The Kier molecular flexibility index (Phi) is 4.97. The van der Waals surface area contributed by atoms with Crippen LogP contribution < -0.4 is 0 Å². The molecule has 0 aliphatic carbocycles. The number of rotatable bonds is 4. The average molecular weight is 321 g/mol.